The molecule has 0 unspecified atom stereocenters. The van der Waals surface area contributed by atoms with Gasteiger partial charge in [-0.05, 0) is 77.8 Å². The Hall–Kier alpha value is -2.36. The lowest BCUT2D eigenvalue weighted by molar-refractivity contribution is -0.128. The SMILES string of the molecule is CC(=O)N1CCN(C(C)C)C1.CCN(CNC(C)=O)C(C)C.COc1cc2c(cc1OC)CN(C(C)C)CC2. The first-order valence-corrected chi connectivity index (χ1v) is 14.3. The van der Waals surface area contributed by atoms with Crippen molar-refractivity contribution in [2.75, 3.05) is 53.7 Å². The van der Waals surface area contributed by atoms with Crippen LogP contribution in [0.2, 0.25) is 0 Å². The van der Waals surface area contributed by atoms with Gasteiger partial charge in [-0.25, -0.2) is 0 Å². The summed E-state index contributed by atoms with van der Waals surface area (Å²) in [5.41, 5.74) is 2.75. The molecular weight excluding hydrogens is 494 g/mol. The minimum Gasteiger partial charge on any atom is -0.493 e. The molecule has 224 valence electrons. The minimum atomic E-state index is 0.0316. The summed E-state index contributed by atoms with van der Waals surface area (Å²) >= 11 is 0. The van der Waals surface area contributed by atoms with E-state index in [4.69, 9.17) is 9.47 Å². The molecule has 1 aromatic rings. The molecule has 1 fully saturated rings. The van der Waals surface area contributed by atoms with Crippen LogP contribution in [0.5, 0.6) is 11.5 Å². The Morgan fingerprint density at radius 3 is 1.85 bits per heavy atom. The molecule has 1 saturated heterocycles. The fourth-order valence-corrected chi connectivity index (χ4v) is 4.51. The standard InChI is InChI=1S/C14H21NO2.C8H16N2O.C8H18N2O/c1-10(2)15-6-5-11-7-13(16-3)14(17-4)8-12(11)9-15;1-7(2)9-4-5-10(6-9)8(3)11;1-5-10(7(2)3)6-9-8(4)11/h7-8,10H,5-6,9H2,1-4H3;7H,4-6H2,1-3H3;7H,5-6H2,1-4H3,(H,9,11). The first-order chi connectivity index (χ1) is 18.3. The van der Waals surface area contributed by atoms with E-state index in [-0.39, 0.29) is 11.8 Å². The highest BCUT2D eigenvalue weighted by Gasteiger charge is 2.23. The number of rotatable bonds is 8. The summed E-state index contributed by atoms with van der Waals surface area (Å²) in [5.74, 6) is 1.89. The van der Waals surface area contributed by atoms with E-state index in [1.807, 2.05) is 4.90 Å². The van der Waals surface area contributed by atoms with Crippen LogP contribution in [0.3, 0.4) is 0 Å². The van der Waals surface area contributed by atoms with Crippen molar-refractivity contribution >= 4 is 11.8 Å². The largest absolute Gasteiger partial charge is 0.493 e. The fraction of sp³-hybridized carbons (Fsp3) is 0.733. The zero-order valence-electron chi connectivity index (χ0n) is 26.5. The van der Waals surface area contributed by atoms with Gasteiger partial charge in [-0.2, -0.15) is 0 Å². The molecular formula is C30H55N5O4. The predicted octanol–water partition coefficient (Wildman–Crippen LogP) is 3.80. The lowest BCUT2D eigenvalue weighted by atomic mass is 9.98. The Bertz CT molecular complexity index is 884. The molecule has 0 aliphatic carbocycles. The highest BCUT2D eigenvalue weighted by molar-refractivity contribution is 5.73. The molecule has 0 bridgehead atoms. The maximum atomic E-state index is 10.9. The molecule has 0 radical (unpaired) electrons. The second-order valence-corrected chi connectivity index (χ2v) is 11.0. The number of ether oxygens (including phenoxy) is 2. The molecule has 0 spiro atoms. The Labute approximate surface area is 237 Å². The Morgan fingerprint density at radius 1 is 0.897 bits per heavy atom. The number of benzene rings is 1. The molecule has 2 aliphatic rings. The highest BCUT2D eigenvalue weighted by Crippen LogP contribution is 2.33. The Kier molecular flexibility index (Phi) is 15.4. The van der Waals surface area contributed by atoms with Crippen LogP contribution in [0, 0.1) is 0 Å². The van der Waals surface area contributed by atoms with Crippen molar-refractivity contribution in [3.63, 3.8) is 0 Å². The van der Waals surface area contributed by atoms with Crippen molar-refractivity contribution < 1.29 is 19.1 Å². The number of fused-ring (bicyclic) bond motifs is 1. The molecule has 0 atom stereocenters. The van der Waals surface area contributed by atoms with Gasteiger partial charge >= 0.3 is 0 Å². The number of nitrogens with zero attached hydrogens (tertiary/aromatic N) is 4. The van der Waals surface area contributed by atoms with Gasteiger partial charge in [0.05, 0.1) is 27.6 Å². The van der Waals surface area contributed by atoms with Gasteiger partial charge in [0.1, 0.15) is 0 Å². The smallest absolute Gasteiger partial charge is 0.220 e. The molecule has 2 heterocycles. The summed E-state index contributed by atoms with van der Waals surface area (Å²) in [5, 5.41) is 2.76. The zero-order chi connectivity index (χ0) is 29.7. The van der Waals surface area contributed by atoms with Gasteiger partial charge in [0.15, 0.2) is 11.5 Å². The van der Waals surface area contributed by atoms with Crippen LogP contribution in [-0.4, -0.2) is 103 Å². The predicted molar refractivity (Wildman–Crippen MR) is 159 cm³/mol. The molecule has 9 heteroatoms. The Balaban J connectivity index is 0.000000306. The summed E-state index contributed by atoms with van der Waals surface area (Å²) in [4.78, 5) is 30.3. The first kappa shape index (κ1) is 34.7. The lowest BCUT2D eigenvalue weighted by Gasteiger charge is -2.32. The van der Waals surface area contributed by atoms with Gasteiger partial charge < -0.3 is 19.7 Å². The second kappa shape index (κ2) is 17.4. The van der Waals surface area contributed by atoms with E-state index in [1.165, 1.54) is 18.1 Å². The van der Waals surface area contributed by atoms with E-state index in [9.17, 15) is 9.59 Å². The summed E-state index contributed by atoms with van der Waals surface area (Å²) in [6, 6.07) is 5.87. The third-order valence-corrected chi connectivity index (χ3v) is 7.33. The van der Waals surface area contributed by atoms with Gasteiger partial charge in [0, 0.05) is 58.2 Å². The van der Waals surface area contributed by atoms with E-state index in [2.05, 4.69) is 80.6 Å². The van der Waals surface area contributed by atoms with Crippen molar-refractivity contribution in [2.45, 2.75) is 93.4 Å². The molecule has 0 aromatic heterocycles. The number of amides is 2. The van der Waals surface area contributed by atoms with E-state index < -0.39 is 0 Å². The summed E-state index contributed by atoms with van der Waals surface area (Å²) in [7, 11) is 3.38. The second-order valence-electron chi connectivity index (χ2n) is 11.0. The van der Waals surface area contributed by atoms with Crippen LogP contribution in [0.15, 0.2) is 12.1 Å². The lowest BCUT2D eigenvalue weighted by Crippen LogP contribution is -2.40. The van der Waals surface area contributed by atoms with E-state index in [1.54, 1.807) is 21.1 Å². The normalized spacial score (nSPS) is 15.5. The minimum absolute atomic E-state index is 0.0316. The van der Waals surface area contributed by atoms with Crippen molar-refractivity contribution in [1.82, 2.24) is 24.9 Å². The van der Waals surface area contributed by atoms with Crippen molar-refractivity contribution in [1.29, 1.82) is 0 Å². The molecule has 9 nitrogen and oxygen atoms in total. The summed E-state index contributed by atoms with van der Waals surface area (Å²) < 4.78 is 10.7. The summed E-state index contributed by atoms with van der Waals surface area (Å²) in [6.45, 7) is 24.8. The van der Waals surface area contributed by atoms with Crippen molar-refractivity contribution in [3.05, 3.63) is 23.3 Å². The van der Waals surface area contributed by atoms with Gasteiger partial charge in [-0.3, -0.25) is 24.3 Å². The molecule has 1 N–H and O–H groups in total. The van der Waals surface area contributed by atoms with Crippen LogP contribution < -0.4 is 14.8 Å². The number of hydrogen-bond donors (Lipinski definition) is 1. The van der Waals surface area contributed by atoms with E-state index in [0.29, 0.717) is 24.8 Å². The molecule has 1 aromatic carbocycles. The van der Waals surface area contributed by atoms with Crippen LogP contribution >= 0.6 is 0 Å². The molecule has 2 aliphatic heterocycles. The van der Waals surface area contributed by atoms with E-state index in [0.717, 1.165) is 57.3 Å². The van der Waals surface area contributed by atoms with Gasteiger partial charge in [-0.1, -0.05) is 6.92 Å². The number of hydrogen-bond acceptors (Lipinski definition) is 7. The quantitative estimate of drug-likeness (QED) is 0.495. The average Bonchev–Trinajstić information content (AvgIpc) is 3.39. The monoisotopic (exact) mass is 549 g/mol. The van der Waals surface area contributed by atoms with Gasteiger partial charge in [0.2, 0.25) is 11.8 Å². The summed E-state index contributed by atoms with van der Waals surface area (Å²) in [6.07, 6.45) is 1.09. The maximum Gasteiger partial charge on any atom is 0.220 e. The zero-order valence-corrected chi connectivity index (χ0v) is 26.5. The van der Waals surface area contributed by atoms with Crippen molar-refractivity contribution in [3.8, 4) is 11.5 Å². The topological polar surface area (TPSA) is 77.6 Å². The Morgan fingerprint density at radius 2 is 1.46 bits per heavy atom. The first-order valence-electron chi connectivity index (χ1n) is 14.3. The molecule has 0 saturated carbocycles. The van der Waals surface area contributed by atoms with Gasteiger partial charge in [0.25, 0.3) is 0 Å². The van der Waals surface area contributed by atoms with Crippen LogP contribution in [0.4, 0.5) is 0 Å². The molecule has 39 heavy (non-hydrogen) atoms. The maximum absolute atomic E-state index is 10.9. The third-order valence-electron chi connectivity index (χ3n) is 7.33. The molecule has 3 rings (SSSR count). The third kappa shape index (κ3) is 11.7. The average molecular weight is 550 g/mol. The number of carbonyl (C=O) groups is 2. The number of methoxy groups -OCH3 is 2. The van der Waals surface area contributed by atoms with Crippen LogP contribution in [-0.2, 0) is 22.6 Å². The van der Waals surface area contributed by atoms with Crippen LogP contribution in [0.1, 0.15) is 73.4 Å². The highest BCUT2D eigenvalue weighted by atomic mass is 16.5. The molecule has 2 amide bonds. The van der Waals surface area contributed by atoms with E-state index >= 15 is 0 Å². The number of carbonyl (C=O) groups excluding carboxylic acids is 2. The number of nitrogens with one attached hydrogen (secondary N) is 1. The fourth-order valence-electron chi connectivity index (χ4n) is 4.51. The van der Waals surface area contributed by atoms with Gasteiger partial charge in [-0.15, -0.1) is 0 Å². The van der Waals surface area contributed by atoms with Crippen molar-refractivity contribution in [2.24, 2.45) is 0 Å². The van der Waals surface area contributed by atoms with Crippen LogP contribution in [0.25, 0.3) is 0 Å².